The molecule has 0 atom stereocenters. The van der Waals surface area contributed by atoms with Crippen LogP contribution in [0.25, 0.3) is 11.5 Å². The highest BCUT2D eigenvalue weighted by molar-refractivity contribution is 5.71. The molecule has 7 heteroatoms. The lowest BCUT2D eigenvalue weighted by Crippen LogP contribution is -2.15. The van der Waals surface area contributed by atoms with E-state index in [0.29, 0.717) is 17.6 Å². The van der Waals surface area contributed by atoms with Crippen LogP contribution in [-0.2, 0) is 16.1 Å². The molecule has 1 heterocycles. The van der Waals surface area contributed by atoms with Gasteiger partial charge < -0.3 is 18.6 Å². The van der Waals surface area contributed by atoms with Gasteiger partial charge >= 0.3 is 5.97 Å². The Balaban J connectivity index is 1.49. The van der Waals surface area contributed by atoms with Crippen molar-refractivity contribution in [3.8, 4) is 23.0 Å². The summed E-state index contributed by atoms with van der Waals surface area (Å²) in [4.78, 5) is 11.9. The maximum absolute atomic E-state index is 11.9. The molecule has 0 amide bonds. The van der Waals surface area contributed by atoms with E-state index in [4.69, 9.17) is 18.6 Å². The van der Waals surface area contributed by atoms with Gasteiger partial charge in [0, 0.05) is 5.56 Å². The molecule has 7 nitrogen and oxygen atoms in total. The first-order valence-electron chi connectivity index (χ1n) is 9.32. The lowest BCUT2D eigenvalue weighted by Gasteiger charge is -2.12. The Morgan fingerprint density at radius 2 is 1.79 bits per heavy atom. The summed E-state index contributed by atoms with van der Waals surface area (Å²) in [6.07, 6.45) is 0. The van der Waals surface area contributed by atoms with Crippen molar-refractivity contribution >= 4 is 5.97 Å². The lowest BCUT2D eigenvalue weighted by molar-refractivity contribution is -0.148. The van der Waals surface area contributed by atoms with Gasteiger partial charge in [0.2, 0.25) is 5.89 Å². The summed E-state index contributed by atoms with van der Waals surface area (Å²) in [6.45, 7) is 5.99. The second kappa shape index (κ2) is 9.23. The van der Waals surface area contributed by atoms with Crippen LogP contribution < -0.4 is 9.47 Å². The van der Waals surface area contributed by atoms with Crippen molar-refractivity contribution in [2.75, 3.05) is 13.7 Å². The number of ether oxygens (including phenoxy) is 3. The van der Waals surface area contributed by atoms with Gasteiger partial charge in [-0.1, -0.05) is 19.9 Å². The van der Waals surface area contributed by atoms with E-state index in [-0.39, 0.29) is 19.1 Å². The first kappa shape index (κ1) is 20.4. The van der Waals surface area contributed by atoms with Crippen LogP contribution in [0.1, 0.15) is 36.8 Å². The van der Waals surface area contributed by atoms with Gasteiger partial charge in [-0.25, -0.2) is 4.79 Å². The zero-order valence-electron chi connectivity index (χ0n) is 17.0. The fourth-order valence-electron chi connectivity index (χ4n) is 2.87. The number of carbonyl (C=O) groups is 1. The monoisotopic (exact) mass is 396 g/mol. The maximum Gasteiger partial charge on any atom is 0.344 e. The summed E-state index contributed by atoms with van der Waals surface area (Å²) in [6, 6.07) is 13.0. The molecule has 0 bridgehead atoms. The SMILES string of the molecule is COc1ccc(-c2nnc(COC(=O)COc3ccc(C(C)C)c(C)c3)o2)cc1. The highest BCUT2D eigenvalue weighted by Crippen LogP contribution is 2.24. The quantitative estimate of drug-likeness (QED) is 0.525. The van der Waals surface area contributed by atoms with Gasteiger partial charge in [0.15, 0.2) is 13.2 Å². The molecule has 0 unspecified atom stereocenters. The van der Waals surface area contributed by atoms with Crippen LogP contribution in [0.4, 0.5) is 0 Å². The Kier molecular flexibility index (Phi) is 6.49. The minimum atomic E-state index is -0.514. The van der Waals surface area contributed by atoms with Gasteiger partial charge in [-0.3, -0.25) is 0 Å². The van der Waals surface area contributed by atoms with E-state index in [1.54, 1.807) is 19.2 Å². The number of methoxy groups -OCH3 is 1. The molecular weight excluding hydrogens is 372 g/mol. The molecule has 0 saturated carbocycles. The largest absolute Gasteiger partial charge is 0.497 e. The second-order valence-corrected chi connectivity index (χ2v) is 6.85. The molecule has 0 N–H and O–H groups in total. The average molecular weight is 396 g/mol. The number of esters is 1. The van der Waals surface area contributed by atoms with E-state index in [9.17, 15) is 4.79 Å². The van der Waals surface area contributed by atoms with Crippen LogP contribution >= 0.6 is 0 Å². The first-order valence-corrected chi connectivity index (χ1v) is 9.32. The molecule has 0 spiro atoms. The fraction of sp³-hybridized carbons (Fsp3) is 0.318. The number of nitrogens with zero attached hydrogens (tertiary/aromatic N) is 2. The zero-order valence-corrected chi connectivity index (χ0v) is 17.0. The van der Waals surface area contributed by atoms with Crippen LogP contribution in [0.3, 0.4) is 0 Å². The third kappa shape index (κ3) is 5.34. The summed E-state index contributed by atoms with van der Waals surface area (Å²) in [5, 5.41) is 7.86. The smallest absolute Gasteiger partial charge is 0.344 e. The van der Waals surface area contributed by atoms with Gasteiger partial charge in [0.05, 0.1) is 7.11 Å². The summed E-state index contributed by atoms with van der Waals surface area (Å²) >= 11 is 0. The van der Waals surface area contributed by atoms with Crippen molar-refractivity contribution in [1.82, 2.24) is 10.2 Å². The number of benzene rings is 2. The van der Waals surface area contributed by atoms with Gasteiger partial charge in [0.25, 0.3) is 5.89 Å². The topological polar surface area (TPSA) is 83.7 Å². The Bertz CT molecular complexity index is 964. The highest BCUT2D eigenvalue weighted by atomic mass is 16.6. The predicted octanol–water partition coefficient (Wildman–Crippen LogP) is 4.30. The molecule has 0 saturated heterocycles. The van der Waals surface area contributed by atoms with Gasteiger partial charge in [0.1, 0.15) is 11.5 Å². The molecule has 0 aliphatic heterocycles. The fourth-order valence-corrected chi connectivity index (χ4v) is 2.87. The molecule has 3 rings (SSSR count). The number of hydrogen-bond acceptors (Lipinski definition) is 7. The van der Waals surface area contributed by atoms with Crippen molar-refractivity contribution in [2.24, 2.45) is 0 Å². The van der Waals surface area contributed by atoms with E-state index in [1.165, 1.54) is 5.56 Å². The molecule has 152 valence electrons. The summed E-state index contributed by atoms with van der Waals surface area (Å²) in [5.74, 6) is 1.84. The van der Waals surface area contributed by atoms with E-state index >= 15 is 0 Å². The molecule has 2 aromatic carbocycles. The van der Waals surface area contributed by atoms with E-state index < -0.39 is 5.97 Å². The standard InChI is InChI=1S/C22H24N2O5/c1-14(2)19-10-9-18(11-15(19)3)27-13-21(25)28-12-20-23-24-22(29-20)16-5-7-17(26-4)8-6-16/h5-11,14H,12-13H2,1-4H3. The molecule has 0 radical (unpaired) electrons. The minimum absolute atomic E-state index is 0.114. The van der Waals surface area contributed by atoms with Crippen LogP contribution in [0.15, 0.2) is 46.9 Å². The number of carbonyl (C=O) groups excluding carboxylic acids is 1. The summed E-state index contributed by atoms with van der Waals surface area (Å²) < 4.78 is 21.3. The number of aromatic nitrogens is 2. The van der Waals surface area contributed by atoms with Crippen molar-refractivity contribution < 1.29 is 23.4 Å². The lowest BCUT2D eigenvalue weighted by atomic mass is 9.98. The second-order valence-electron chi connectivity index (χ2n) is 6.85. The number of aryl methyl sites for hydroxylation is 1. The third-order valence-corrected chi connectivity index (χ3v) is 4.38. The number of rotatable bonds is 8. The van der Waals surface area contributed by atoms with Crippen LogP contribution in [-0.4, -0.2) is 29.9 Å². The van der Waals surface area contributed by atoms with Crippen LogP contribution in [0, 0.1) is 6.92 Å². The minimum Gasteiger partial charge on any atom is -0.497 e. The van der Waals surface area contributed by atoms with Gasteiger partial charge in [-0.2, -0.15) is 0 Å². The Morgan fingerprint density at radius 3 is 2.45 bits per heavy atom. The van der Waals surface area contributed by atoms with E-state index in [2.05, 4.69) is 24.0 Å². The third-order valence-electron chi connectivity index (χ3n) is 4.38. The zero-order chi connectivity index (χ0) is 20.8. The van der Waals surface area contributed by atoms with Gasteiger partial charge in [-0.05, 0) is 60.4 Å². The Labute approximate surface area is 169 Å². The van der Waals surface area contributed by atoms with Crippen LogP contribution in [0.5, 0.6) is 11.5 Å². The van der Waals surface area contributed by atoms with Crippen molar-refractivity contribution in [1.29, 1.82) is 0 Å². The first-order chi connectivity index (χ1) is 14.0. The Morgan fingerprint density at radius 1 is 1.07 bits per heavy atom. The molecule has 29 heavy (non-hydrogen) atoms. The normalized spacial score (nSPS) is 10.8. The predicted molar refractivity (Wildman–Crippen MR) is 107 cm³/mol. The molecular formula is C22H24N2O5. The molecule has 3 aromatic rings. The van der Waals surface area contributed by atoms with Crippen molar-refractivity contribution in [3.63, 3.8) is 0 Å². The van der Waals surface area contributed by atoms with Crippen LogP contribution in [0.2, 0.25) is 0 Å². The summed E-state index contributed by atoms with van der Waals surface area (Å²) in [5.41, 5.74) is 3.13. The summed E-state index contributed by atoms with van der Waals surface area (Å²) in [7, 11) is 1.60. The average Bonchev–Trinajstić information content (AvgIpc) is 3.19. The van der Waals surface area contributed by atoms with Crippen molar-refractivity contribution in [3.05, 3.63) is 59.5 Å². The van der Waals surface area contributed by atoms with E-state index in [0.717, 1.165) is 16.9 Å². The van der Waals surface area contributed by atoms with Crippen molar-refractivity contribution in [2.45, 2.75) is 33.3 Å². The molecule has 0 aliphatic rings. The number of hydrogen-bond donors (Lipinski definition) is 0. The Hall–Kier alpha value is -3.35. The maximum atomic E-state index is 11.9. The van der Waals surface area contributed by atoms with E-state index in [1.807, 2.05) is 37.3 Å². The molecule has 0 fully saturated rings. The highest BCUT2D eigenvalue weighted by Gasteiger charge is 2.12. The molecule has 0 aliphatic carbocycles. The van der Waals surface area contributed by atoms with Gasteiger partial charge in [-0.15, -0.1) is 10.2 Å². The molecule has 1 aromatic heterocycles.